The molecular weight excluding hydrogens is 244 g/mol. The van der Waals surface area contributed by atoms with E-state index in [2.05, 4.69) is 11.0 Å². The van der Waals surface area contributed by atoms with Crippen molar-refractivity contribution in [3.8, 4) is 12.3 Å². The van der Waals surface area contributed by atoms with Crippen molar-refractivity contribution < 1.29 is 18.3 Å². The summed E-state index contributed by atoms with van der Waals surface area (Å²) in [6.07, 6.45) is 5.36. The van der Waals surface area contributed by atoms with Crippen LogP contribution in [0.3, 0.4) is 0 Å². The van der Waals surface area contributed by atoms with Gasteiger partial charge in [0.25, 0.3) is 0 Å². The number of carboxylic acids is 1. The van der Waals surface area contributed by atoms with Gasteiger partial charge in [0.05, 0.1) is 17.2 Å². The summed E-state index contributed by atoms with van der Waals surface area (Å²) in [6.45, 7) is 0.0225. The van der Waals surface area contributed by atoms with Gasteiger partial charge < -0.3 is 5.11 Å². The number of hydrogen-bond donors (Lipinski definition) is 1. The Morgan fingerprint density at radius 1 is 1.59 bits per heavy atom. The van der Waals surface area contributed by atoms with E-state index in [0.717, 1.165) is 0 Å². The molecule has 0 atom stereocenters. The summed E-state index contributed by atoms with van der Waals surface area (Å²) in [7, 11) is -3.22. The maximum absolute atomic E-state index is 11.5. The quantitative estimate of drug-likeness (QED) is 0.731. The van der Waals surface area contributed by atoms with Crippen LogP contribution in [0.15, 0.2) is 0 Å². The van der Waals surface area contributed by atoms with Crippen LogP contribution in [0.2, 0.25) is 0 Å². The molecule has 1 aliphatic heterocycles. The van der Waals surface area contributed by atoms with Crippen LogP contribution in [0.25, 0.3) is 0 Å². The van der Waals surface area contributed by atoms with E-state index in [1.54, 1.807) is 0 Å². The number of aromatic carboxylic acids is 1. The first-order valence-electron chi connectivity index (χ1n) is 4.90. The average molecular weight is 254 g/mol. The van der Waals surface area contributed by atoms with Crippen molar-refractivity contribution in [1.29, 1.82) is 0 Å². The summed E-state index contributed by atoms with van der Waals surface area (Å²) in [5, 5.41) is 13.1. The van der Waals surface area contributed by atoms with Gasteiger partial charge in [-0.3, -0.25) is 0 Å². The molecule has 17 heavy (non-hydrogen) atoms. The zero-order valence-electron chi connectivity index (χ0n) is 8.88. The summed E-state index contributed by atoms with van der Waals surface area (Å²) >= 11 is 0. The number of hydrogen-bond acceptors (Lipinski definition) is 4. The number of rotatable bonds is 2. The van der Waals surface area contributed by atoms with Crippen molar-refractivity contribution in [2.45, 2.75) is 18.7 Å². The predicted octanol–water partition coefficient (Wildman–Crippen LogP) is -0.315. The first-order valence-corrected chi connectivity index (χ1v) is 6.72. The van der Waals surface area contributed by atoms with Crippen LogP contribution < -0.4 is 0 Å². The summed E-state index contributed by atoms with van der Waals surface area (Å²) in [4.78, 5) is 11.1. The molecule has 2 rings (SSSR count). The molecule has 6 nitrogen and oxygen atoms in total. The highest BCUT2D eigenvalue weighted by Crippen LogP contribution is 2.23. The van der Waals surface area contributed by atoms with Crippen LogP contribution >= 0.6 is 0 Å². The van der Waals surface area contributed by atoms with E-state index in [9.17, 15) is 13.2 Å². The largest absolute Gasteiger partial charge is 0.477 e. The van der Waals surface area contributed by atoms with Crippen LogP contribution in [0.1, 0.15) is 21.7 Å². The lowest BCUT2D eigenvalue weighted by Gasteiger charge is -2.10. The lowest BCUT2D eigenvalue weighted by molar-refractivity contribution is 0.0683. The molecule has 7 heteroatoms. The van der Waals surface area contributed by atoms with Gasteiger partial charge in [0.2, 0.25) is 0 Å². The molecule has 0 unspecified atom stereocenters. The third-order valence-corrected chi connectivity index (χ3v) is 4.15. The van der Waals surface area contributed by atoms with Gasteiger partial charge in [-0.1, -0.05) is 5.92 Å². The summed E-state index contributed by atoms with van der Waals surface area (Å²) in [5.74, 6) is 0.831. The van der Waals surface area contributed by atoms with E-state index in [0.29, 0.717) is 5.69 Å². The van der Waals surface area contributed by atoms with Crippen molar-refractivity contribution in [2.24, 2.45) is 0 Å². The van der Waals surface area contributed by atoms with E-state index >= 15 is 0 Å². The maximum Gasteiger partial charge on any atom is 0.354 e. The second-order valence-corrected chi connectivity index (χ2v) is 5.97. The molecule has 0 aromatic carbocycles. The molecule has 0 saturated heterocycles. The predicted molar refractivity (Wildman–Crippen MR) is 59.2 cm³/mol. The monoisotopic (exact) mass is 254 g/mol. The van der Waals surface area contributed by atoms with Crippen molar-refractivity contribution in [2.75, 3.05) is 5.75 Å². The molecule has 1 N–H and O–H groups in total. The Morgan fingerprint density at radius 2 is 2.29 bits per heavy atom. The third kappa shape index (κ3) is 2.03. The van der Waals surface area contributed by atoms with E-state index in [-0.39, 0.29) is 35.7 Å². The average Bonchev–Trinajstić information content (AvgIpc) is 2.54. The zero-order valence-corrected chi connectivity index (χ0v) is 9.70. The van der Waals surface area contributed by atoms with Crippen molar-refractivity contribution >= 4 is 15.8 Å². The van der Waals surface area contributed by atoms with Crippen LogP contribution in [0, 0.1) is 12.3 Å². The number of terminal acetylenes is 1. The molecule has 2 heterocycles. The Kier molecular flexibility index (Phi) is 2.67. The fourth-order valence-corrected chi connectivity index (χ4v) is 3.28. The highest BCUT2D eigenvalue weighted by Gasteiger charge is 2.30. The lowest BCUT2D eigenvalue weighted by Crippen LogP contribution is -2.20. The van der Waals surface area contributed by atoms with Crippen molar-refractivity contribution in [3.63, 3.8) is 0 Å². The SMILES string of the molecule is C#CCn1nc2c(c1C(=O)O)CS(=O)(=O)CC2. The minimum atomic E-state index is -3.22. The van der Waals surface area contributed by atoms with Gasteiger partial charge >= 0.3 is 5.97 Å². The van der Waals surface area contributed by atoms with Gasteiger partial charge in [0.15, 0.2) is 15.5 Å². The summed E-state index contributed by atoms with van der Waals surface area (Å²) in [5.41, 5.74) is 0.688. The molecule has 0 spiro atoms. The molecule has 90 valence electrons. The molecule has 0 aliphatic carbocycles. The van der Waals surface area contributed by atoms with E-state index in [4.69, 9.17) is 11.5 Å². The summed E-state index contributed by atoms with van der Waals surface area (Å²) in [6, 6.07) is 0. The molecule has 0 fully saturated rings. The van der Waals surface area contributed by atoms with Gasteiger partial charge in [0.1, 0.15) is 6.54 Å². The number of aryl methyl sites for hydroxylation is 1. The molecule has 1 aliphatic rings. The Labute approximate surface area is 98.2 Å². The van der Waals surface area contributed by atoms with Gasteiger partial charge in [-0.25, -0.2) is 17.9 Å². The van der Waals surface area contributed by atoms with E-state index in [1.807, 2.05) is 0 Å². The highest BCUT2D eigenvalue weighted by molar-refractivity contribution is 7.90. The Balaban J connectivity index is 2.60. The zero-order chi connectivity index (χ0) is 12.6. The number of carbonyl (C=O) groups is 1. The van der Waals surface area contributed by atoms with E-state index < -0.39 is 15.8 Å². The summed E-state index contributed by atoms with van der Waals surface area (Å²) < 4.78 is 24.1. The molecular formula is C10H10N2O4S. The van der Waals surface area contributed by atoms with Gasteiger partial charge in [-0.2, -0.15) is 5.10 Å². The minimum Gasteiger partial charge on any atom is -0.477 e. The third-order valence-electron chi connectivity index (χ3n) is 2.59. The van der Waals surface area contributed by atoms with Gasteiger partial charge in [-0.15, -0.1) is 6.42 Å². The maximum atomic E-state index is 11.5. The Morgan fingerprint density at radius 3 is 2.88 bits per heavy atom. The molecule has 0 radical (unpaired) electrons. The van der Waals surface area contributed by atoms with Crippen LogP contribution in [0.4, 0.5) is 0 Å². The Bertz CT molecular complexity index is 621. The number of aromatic nitrogens is 2. The van der Waals surface area contributed by atoms with Crippen LogP contribution in [-0.4, -0.2) is 35.0 Å². The van der Waals surface area contributed by atoms with Gasteiger partial charge in [-0.05, 0) is 0 Å². The van der Waals surface area contributed by atoms with Crippen LogP contribution in [-0.2, 0) is 28.6 Å². The first kappa shape index (κ1) is 11.7. The number of sulfone groups is 1. The van der Waals surface area contributed by atoms with Gasteiger partial charge in [0, 0.05) is 12.0 Å². The van der Waals surface area contributed by atoms with Crippen molar-refractivity contribution in [1.82, 2.24) is 9.78 Å². The fraction of sp³-hybridized carbons (Fsp3) is 0.400. The number of carboxylic acid groups (broad SMARTS) is 1. The normalized spacial score (nSPS) is 17.1. The smallest absolute Gasteiger partial charge is 0.354 e. The second kappa shape index (κ2) is 3.89. The van der Waals surface area contributed by atoms with E-state index in [1.165, 1.54) is 4.68 Å². The lowest BCUT2D eigenvalue weighted by atomic mass is 10.1. The second-order valence-electron chi connectivity index (χ2n) is 3.78. The number of fused-ring (bicyclic) bond motifs is 1. The first-order chi connectivity index (χ1) is 7.94. The number of nitrogens with zero attached hydrogens (tertiary/aromatic N) is 2. The standard InChI is InChI=1S/C10H10N2O4S/c1-2-4-12-9(10(13)14)7-6-17(15,16)5-3-8(7)11-12/h1H,3-6H2,(H,13,14). The molecule has 1 aromatic heterocycles. The molecule has 0 bridgehead atoms. The van der Waals surface area contributed by atoms with Crippen LogP contribution in [0.5, 0.6) is 0 Å². The topological polar surface area (TPSA) is 89.3 Å². The molecule has 0 amide bonds. The highest BCUT2D eigenvalue weighted by atomic mass is 32.2. The minimum absolute atomic E-state index is 0.00608. The molecule has 0 saturated carbocycles. The Hall–Kier alpha value is -1.81. The molecule has 1 aromatic rings. The fourth-order valence-electron chi connectivity index (χ4n) is 1.89. The van der Waals surface area contributed by atoms with Crippen molar-refractivity contribution in [3.05, 3.63) is 17.0 Å².